The van der Waals surface area contributed by atoms with Gasteiger partial charge in [0, 0.05) is 13.1 Å². The van der Waals surface area contributed by atoms with E-state index in [1.165, 1.54) is 0 Å². The first-order valence-electron chi connectivity index (χ1n) is 5.44. The molecule has 4 nitrogen and oxygen atoms in total. The lowest BCUT2D eigenvalue weighted by Crippen LogP contribution is -2.27. The average Bonchev–Trinajstić information content (AvgIpc) is 2.24. The topological polar surface area (TPSA) is 55.0 Å². The standard InChI is InChI=1S/C11H20N4/c1-4-15(7-5-6-12)11-8-13-9(2)10(3)14-11/h8H,4-7,12H2,1-3H3. The Labute approximate surface area is 91.5 Å². The first-order valence-corrected chi connectivity index (χ1v) is 5.44. The van der Waals surface area contributed by atoms with Crippen LogP contribution in [0.15, 0.2) is 6.20 Å². The normalized spacial score (nSPS) is 10.4. The number of nitrogens with zero attached hydrogens (tertiary/aromatic N) is 3. The molecule has 2 N–H and O–H groups in total. The molecular weight excluding hydrogens is 188 g/mol. The molecule has 0 spiro atoms. The Kier molecular flexibility index (Phi) is 4.49. The lowest BCUT2D eigenvalue weighted by Gasteiger charge is -2.21. The third-order valence-electron chi connectivity index (χ3n) is 2.52. The molecule has 0 aliphatic heterocycles. The van der Waals surface area contributed by atoms with Gasteiger partial charge in [0.1, 0.15) is 5.82 Å². The van der Waals surface area contributed by atoms with E-state index in [2.05, 4.69) is 21.8 Å². The van der Waals surface area contributed by atoms with Crippen molar-refractivity contribution in [1.29, 1.82) is 0 Å². The van der Waals surface area contributed by atoms with E-state index in [1.54, 1.807) is 0 Å². The molecule has 0 bridgehead atoms. The fourth-order valence-electron chi connectivity index (χ4n) is 1.40. The summed E-state index contributed by atoms with van der Waals surface area (Å²) < 4.78 is 0. The molecule has 0 unspecified atom stereocenters. The van der Waals surface area contributed by atoms with E-state index in [4.69, 9.17) is 5.73 Å². The van der Waals surface area contributed by atoms with Gasteiger partial charge >= 0.3 is 0 Å². The molecule has 0 saturated heterocycles. The number of anilines is 1. The molecule has 1 aromatic heterocycles. The predicted octanol–water partition coefficient (Wildman–Crippen LogP) is 1.27. The van der Waals surface area contributed by atoms with Gasteiger partial charge in [-0.25, -0.2) is 4.98 Å². The molecule has 0 aliphatic carbocycles. The lowest BCUT2D eigenvalue weighted by molar-refractivity contribution is 0.740. The molecule has 0 fully saturated rings. The summed E-state index contributed by atoms with van der Waals surface area (Å²) in [5.41, 5.74) is 7.49. The molecule has 0 amide bonds. The van der Waals surface area contributed by atoms with Crippen LogP contribution >= 0.6 is 0 Å². The van der Waals surface area contributed by atoms with Crippen molar-refractivity contribution < 1.29 is 0 Å². The smallest absolute Gasteiger partial charge is 0.147 e. The van der Waals surface area contributed by atoms with Crippen LogP contribution in [0.25, 0.3) is 0 Å². The SMILES string of the molecule is CCN(CCCN)c1cnc(C)c(C)n1. The third-order valence-corrected chi connectivity index (χ3v) is 2.52. The molecule has 0 atom stereocenters. The molecule has 15 heavy (non-hydrogen) atoms. The highest BCUT2D eigenvalue weighted by molar-refractivity contribution is 5.37. The van der Waals surface area contributed by atoms with Gasteiger partial charge in [-0.2, -0.15) is 0 Å². The van der Waals surface area contributed by atoms with E-state index < -0.39 is 0 Å². The zero-order valence-electron chi connectivity index (χ0n) is 9.82. The second-order valence-electron chi connectivity index (χ2n) is 3.62. The number of aryl methyl sites for hydroxylation is 2. The van der Waals surface area contributed by atoms with Crippen LogP contribution in [0.2, 0.25) is 0 Å². The van der Waals surface area contributed by atoms with Gasteiger partial charge in [-0.3, -0.25) is 4.98 Å². The molecule has 1 heterocycles. The molecule has 0 aromatic carbocycles. The summed E-state index contributed by atoms with van der Waals surface area (Å²) in [4.78, 5) is 11.0. The van der Waals surface area contributed by atoms with Crippen molar-refractivity contribution in [1.82, 2.24) is 9.97 Å². The second kappa shape index (κ2) is 5.66. The van der Waals surface area contributed by atoms with E-state index in [1.807, 2.05) is 20.0 Å². The van der Waals surface area contributed by atoms with Gasteiger partial charge in [-0.15, -0.1) is 0 Å². The molecule has 84 valence electrons. The summed E-state index contributed by atoms with van der Waals surface area (Å²) in [5, 5.41) is 0. The fourth-order valence-corrected chi connectivity index (χ4v) is 1.40. The van der Waals surface area contributed by atoms with Gasteiger partial charge in [0.25, 0.3) is 0 Å². The van der Waals surface area contributed by atoms with Crippen LogP contribution in [0.4, 0.5) is 5.82 Å². The first kappa shape index (κ1) is 11.9. The van der Waals surface area contributed by atoms with Crippen molar-refractivity contribution in [2.24, 2.45) is 5.73 Å². The fraction of sp³-hybridized carbons (Fsp3) is 0.636. The maximum absolute atomic E-state index is 5.50. The molecule has 1 rings (SSSR count). The molecule has 0 radical (unpaired) electrons. The summed E-state index contributed by atoms with van der Waals surface area (Å²) in [6.07, 6.45) is 2.82. The Morgan fingerprint density at radius 1 is 1.33 bits per heavy atom. The Morgan fingerprint density at radius 3 is 2.60 bits per heavy atom. The van der Waals surface area contributed by atoms with Gasteiger partial charge in [0.05, 0.1) is 17.6 Å². The summed E-state index contributed by atoms with van der Waals surface area (Å²) in [6.45, 7) is 8.69. The zero-order valence-corrected chi connectivity index (χ0v) is 9.82. The second-order valence-corrected chi connectivity index (χ2v) is 3.62. The first-order chi connectivity index (χ1) is 7.19. The van der Waals surface area contributed by atoms with Crippen molar-refractivity contribution in [3.63, 3.8) is 0 Å². The van der Waals surface area contributed by atoms with E-state index in [0.29, 0.717) is 0 Å². The van der Waals surface area contributed by atoms with Crippen LogP contribution in [0.5, 0.6) is 0 Å². The summed E-state index contributed by atoms with van der Waals surface area (Å²) in [7, 11) is 0. The lowest BCUT2D eigenvalue weighted by atomic mass is 10.3. The Balaban J connectivity index is 2.78. The van der Waals surface area contributed by atoms with Crippen LogP contribution in [0.3, 0.4) is 0 Å². The van der Waals surface area contributed by atoms with Crippen molar-refractivity contribution in [2.75, 3.05) is 24.5 Å². The average molecular weight is 208 g/mol. The molecule has 4 heteroatoms. The minimum absolute atomic E-state index is 0.717. The maximum atomic E-state index is 5.50. The maximum Gasteiger partial charge on any atom is 0.147 e. The highest BCUT2D eigenvalue weighted by Crippen LogP contribution is 2.11. The minimum atomic E-state index is 0.717. The number of aromatic nitrogens is 2. The van der Waals surface area contributed by atoms with Crippen molar-refractivity contribution in [3.05, 3.63) is 17.6 Å². The van der Waals surface area contributed by atoms with Crippen LogP contribution in [-0.2, 0) is 0 Å². The molecule has 0 saturated carbocycles. The quantitative estimate of drug-likeness (QED) is 0.791. The predicted molar refractivity (Wildman–Crippen MR) is 63.1 cm³/mol. The van der Waals surface area contributed by atoms with Crippen LogP contribution in [0, 0.1) is 13.8 Å². The minimum Gasteiger partial charge on any atom is -0.356 e. The Morgan fingerprint density at radius 2 is 2.07 bits per heavy atom. The van der Waals surface area contributed by atoms with Crippen LogP contribution in [-0.4, -0.2) is 29.6 Å². The van der Waals surface area contributed by atoms with E-state index in [-0.39, 0.29) is 0 Å². The largest absolute Gasteiger partial charge is 0.356 e. The Hall–Kier alpha value is -1.16. The van der Waals surface area contributed by atoms with Gasteiger partial charge in [-0.1, -0.05) is 0 Å². The number of hydrogen-bond acceptors (Lipinski definition) is 4. The number of hydrogen-bond donors (Lipinski definition) is 1. The van der Waals surface area contributed by atoms with Gasteiger partial charge < -0.3 is 10.6 Å². The van der Waals surface area contributed by atoms with Gasteiger partial charge in [0.15, 0.2) is 0 Å². The van der Waals surface area contributed by atoms with E-state index in [9.17, 15) is 0 Å². The number of rotatable bonds is 5. The van der Waals surface area contributed by atoms with E-state index in [0.717, 1.165) is 43.3 Å². The highest BCUT2D eigenvalue weighted by Gasteiger charge is 2.06. The zero-order chi connectivity index (χ0) is 11.3. The number of nitrogens with two attached hydrogens (primary N) is 1. The monoisotopic (exact) mass is 208 g/mol. The molecule has 1 aromatic rings. The highest BCUT2D eigenvalue weighted by atomic mass is 15.2. The van der Waals surface area contributed by atoms with E-state index >= 15 is 0 Å². The van der Waals surface area contributed by atoms with Crippen LogP contribution in [0.1, 0.15) is 24.7 Å². The van der Waals surface area contributed by atoms with Gasteiger partial charge in [0.2, 0.25) is 0 Å². The summed E-state index contributed by atoms with van der Waals surface area (Å²) in [6, 6.07) is 0. The summed E-state index contributed by atoms with van der Waals surface area (Å²) >= 11 is 0. The molecular formula is C11H20N4. The van der Waals surface area contributed by atoms with Crippen molar-refractivity contribution >= 4 is 5.82 Å². The third kappa shape index (κ3) is 3.16. The summed E-state index contributed by atoms with van der Waals surface area (Å²) in [5.74, 6) is 0.953. The van der Waals surface area contributed by atoms with Crippen molar-refractivity contribution in [3.8, 4) is 0 Å². The van der Waals surface area contributed by atoms with Crippen LogP contribution < -0.4 is 10.6 Å². The molecule has 0 aliphatic rings. The van der Waals surface area contributed by atoms with Gasteiger partial charge in [-0.05, 0) is 33.7 Å². The van der Waals surface area contributed by atoms with Crippen molar-refractivity contribution in [2.45, 2.75) is 27.2 Å². The Bertz CT molecular complexity index is 311.